The molecule has 1 amide bonds. The first-order valence-electron chi connectivity index (χ1n) is 9.86. The summed E-state index contributed by atoms with van der Waals surface area (Å²) < 4.78 is 27.7. The van der Waals surface area contributed by atoms with E-state index in [4.69, 9.17) is 0 Å². The summed E-state index contributed by atoms with van der Waals surface area (Å²) >= 11 is 0. The molecule has 1 N–H and O–H groups in total. The highest BCUT2D eigenvalue weighted by Crippen LogP contribution is 2.36. The average molecular weight is 420 g/mol. The van der Waals surface area contributed by atoms with Gasteiger partial charge in [0.25, 0.3) is 10.2 Å². The van der Waals surface area contributed by atoms with Crippen LogP contribution in [0, 0.1) is 17.2 Å². The van der Waals surface area contributed by atoms with Gasteiger partial charge in [-0.05, 0) is 36.5 Å². The van der Waals surface area contributed by atoms with Crippen LogP contribution in [0.25, 0.3) is 0 Å². The van der Waals surface area contributed by atoms with Gasteiger partial charge in [0.1, 0.15) is 0 Å². The highest BCUT2D eigenvalue weighted by molar-refractivity contribution is 7.86. The smallest absolute Gasteiger partial charge is 0.281 e. The molecule has 0 saturated carbocycles. The fraction of sp³-hybridized carbons (Fsp3) is 0.600. The lowest BCUT2D eigenvalue weighted by molar-refractivity contribution is -0.134. The van der Waals surface area contributed by atoms with Gasteiger partial charge in [0, 0.05) is 33.7 Å². The SMILES string of the molecule is CC(C)C1NC2(CCN(S(=O)(=O)N(C)C)CC2)N(Cc2cccc(C#N)c2)C1=O. The molecule has 1 aromatic rings. The molecule has 1 spiro atoms. The van der Waals surface area contributed by atoms with Gasteiger partial charge in [-0.3, -0.25) is 10.1 Å². The van der Waals surface area contributed by atoms with Gasteiger partial charge < -0.3 is 4.90 Å². The fourth-order valence-electron chi connectivity index (χ4n) is 4.14. The van der Waals surface area contributed by atoms with Crippen molar-refractivity contribution in [3.63, 3.8) is 0 Å². The summed E-state index contributed by atoms with van der Waals surface area (Å²) in [6.45, 7) is 5.11. The molecule has 2 saturated heterocycles. The fourth-order valence-corrected chi connectivity index (χ4v) is 5.25. The van der Waals surface area contributed by atoms with Crippen molar-refractivity contribution in [3.8, 4) is 6.07 Å². The van der Waals surface area contributed by atoms with Crippen molar-refractivity contribution >= 4 is 16.1 Å². The lowest BCUT2D eigenvalue weighted by Gasteiger charge is -2.44. The van der Waals surface area contributed by atoms with E-state index in [-0.39, 0.29) is 17.9 Å². The van der Waals surface area contributed by atoms with Crippen LogP contribution in [0.2, 0.25) is 0 Å². The van der Waals surface area contributed by atoms with Crippen molar-refractivity contribution in [1.29, 1.82) is 5.26 Å². The Morgan fingerprint density at radius 1 is 1.31 bits per heavy atom. The molecule has 2 aliphatic heterocycles. The standard InChI is InChI=1S/C20H29N5O3S/c1-15(2)18-19(26)25(14-17-7-5-6-16(12-17)13-21)20(22-18)8-10-24(11-9-20)29(27,28)23(3)4/h5-7,12,15,18,22H,8-11,14H2,1-4H3. The van der Waals surface area contributed by atoms with Crippen LogP contribution in [0.1, 0.15) is 37.8 Å². The number of nitriles is 1. The van der Waals surface area contributed by atoms with Crippen LogP contribution in [0.5, 0.6) is 0 Å². The first-order valence-corrected chi connectivity index (χ1v) is 11.3. The number of hydrogen-bond acceptors (Lipinski definition) is 5. The highest BCUT2D eigenvalue weighted by Gasteiger charge is 2.53. The number of nitrogens with one attached hydrogen (secondary N) is 1. The molecule has 1 unspecified atom stereocenters. The molecule has 0 aliphatic carbocycles. The van der Waals surface area contributed by atoms with E-state index >= 15 is 0 Å². The van der Waals surface area contributed by atoms with Crippen LogP contribution in [-0.4, -0.2) is 66.7 Å². The van der Waals surface area contributed by atoms with Gasteiger partial charge in [0.2, 0.25) is 5.91 Å². The summed E-state index contributed by atoms with van der Waals surface area (Å²) in [5.41, 5.74) is 0.877. The Labute approximate surface area is 173 Å². The molecule has 2 aliphatic rings. The zero-order valence-electron chi connectivity index (χ0n) is 17.4. The minimum absolute atomic E-state index is 0.0336. The maximum Gasteiger partial charge on any atom is 0.281 e. The molecule has 0 radical (unpaired) electrons. The van der Waals surface area contributed by atoms with Crippen LogP contribution in [-0.2, 0) is 21.5 Å². The highest BCUT2D eigenvalue weighted by atomic mass is 32.2. The zero-order valence-corrected chi connectivity index (χ0v) is 18.2. The molecule has 0 aromatic heterocycles. The van der Waals surface area contributed by atoms with E-state index in [0.717, 1.165) is 5.56 Å². The van der Waals surface area contributed by atoms with Crippen molar-refractivity contribution in [2.45, 2.75) is 44.9 Å². The number of rotatable bonds is 5. The van der Waals surface area contributed by atoms with Gasteiger partial charge in [0.05, 0.1) is 23.3 Å². The predicted molar refractivity (Wildman–Crippen MR) is 110 cm³/mol. The number of carbonyl (C=O) groups is 1. The summed E-state index contributed by atoms with van der Waals surface area (Å²) in [4.78, 5) is 15.1. The van der Waals surface area contributed by atoms with Crippen molar-refractivity contribution in [2.24, 2.45) is 5.92 Å². The largest absolute Gasteiger partial charge is 0.319 e. The van der Waals surface area contributed by atoms with E-state index in [0.29, 0.717) is 38.0 Å². The lowest BCUT2D eigenvalue weighted by Crippen LogP contribution is -2.60. The molecule has 9 heteroatoms. The van der Waals surface area contributed by atoms with E-state index in [1.165, 1.54) is 22.7 Å². The number of benzene rings is 1. The Morgan fingerprint density at radius 3 is 2.52 bits per heavy atom. The summed E-state index contributed by atoms with van der Waals surface area (Å²) in [6, 6.07) is 9.11. The molecule has 1 atom stereocenters. The van der Waals surface area contributed by atoms with Crippen LogP contribution in [0.4, 0.5) is 0 Å². The third kappa shape index (κ3) is 4.03. The molecule has 158 valence electrons. The van der Waals surface area contributed by atoms with E-state index in [2.05, 4.69) is 11.4 Å². The van der Waals surface area contributed by atoms with Crippen LogP contribution >= 0.6 is 0 Å². The predicted octanol–water partition coefficient (Wildman–Crippen LogP) is 1.11. The first-order chi connectivity index (χ1) is 13.6. The second-order valence-corrected chi connectivity index (χ2v) is 10.5. The maximum atomic E-state index is 13.2. The van der Waals surface area contributed by atoms with Crippen molar-refractivity contribution in [3.05, 3.63) is 35.4 Å². The Hall–Kier alpha value is -1.99. The van der Waals surface area contributed by atoms with E-state index in [1.807, 2.05) is 30.9 Å². The number of nitrogens with zero attached hydrogens (tertiary/aromatic N) is 4. The van der Waals surface area contributed by atoms with Gasteiger partial charge in [-0.25, -0.2) is 0 Å². The Morgan fingerprint density at radius 2 is 1.97 bits per heavy atom. The minimum atomic E-state index is -3.48. The molecule has 0 bridgehead atoms. The van der Waals surface area contributed by atoms with Crippen molar-refractivity contribution in [1.82, 2.24) is 18.8 Å². The Balaban J connectivity index is 1.87. The second-order valence-electron chi connectivity index (χ2n) is 8.32. The number of amides is 1. The third-order valence-electron chi connectivity index (χ3n) is 5.87. The van der Waals surface area contributed by atoms with Crippen LogP contribution < -0.4 is 5.32 Å². The number of carbonyl (C=O) groups excluding carboxylic acids is 1. The van der Waals surface area contributed by atoms with Gasteiger partial charge in [0.15, 0.2) is 0 Å². The number of piperidine rings is 1. The first kappa shape index (κ1) is 21.7. The molecule has 3 rings (SSSR count). The molecular formula is C20H29N5O3S. The minimum Gasteiger partial charge on any atom is -0.319 e. The average Bonchev–Trinajstić information content (AvgIpc) is 2.94. The molecular weight excluding hydrogens is 390 g/mol. The summed E-state index contributed by atoms with van der Waals surface area (Å²) in [5, 5.41) is 12.7. The van der Waals surface area contributed by atoms with E-state index in [1.54, 1.807) is 12.1 Å². The van der Waals surface area contributed by atoms with Gasteiger partial charge in [-0.2, -0.15) is 22.3 Å². The van der Waals surface area contributed by atoms with Gasteiger partial charge in [-0.15, -0.1) is 0 Å². The topological polar surface area (TPSA) is 96.8 Å². The second kappa shape index (κ2) is 8.03. The molecule has 2 fully saturated rings. The van der Waals surface area contributed by atoms with Gasteiger partial charge >= 0.3 is 0 Å². The van der Waals surface area contributed by atoms with Crippen molar-refractivity contribution < 1.29 is 13.2 Å². The van der Waals surface area contributed by atoms with Gasteiger partial charge in [-0.1, -0.05) is 26.0 Å². The Kier molecular flexibility index (Phi) is 6.01. The van der Waals surface area contributed by atoms with E-state index < -0.39 is 15.9 Å². The quantitative estimate of drug-likeness (QED) is 0.771. The van der Waals surface area contributed by atoms with E-state index in [9.17, 15) is 18.5 Å². The normalized spacial score (nSPS) is 22.6. The number of hydrogen-bond donors (Lipinski definition) is 1. The third-order valence-corrected chi connectivity index (χ3v) is 7.81. The molecule has 2 heterocycles. The maximum absolute atomic E-state index is 13.2. The van der Waals surface area contributed by atoms with Crippen LogP contribution in [0.3, 0.4) is 0 Å². The monoisotopic (exact) mass is 419 g/mol. The Bertz CT molecular complexity index is 914. The molecule has 29 heavy (non-hydrogen) atoms. The zero-order chi connectivity index (χ0) is 21.4. The summed E-state index contributed by atoms with van der Waals surface area (Å²) in [7, 11) is -0.419. The summed E-state index contributed by atoms with van der Waals surface area (Å²) in [5.74, 6) is 0.157. The molecule has 8 nitrogen and oxygen atoms in total. The van der Waals surface area contributed by atoms with Crippen molar-refractivity contribution in [2.75, 3.05) is 27.2 Å². The lowest BCUT2D eigenvalue weighted by atomic mass is 9.96. The summed E-state index contributed by atoms with van der Waals surface area (Å²) in [6.07, 6.45) is 1.04. The van der Waals surface area contributed by atoms with Crippen LogP contribution in [0.15, 0.2) is 24.3 Å². The molecule has 1 aromatic carbocycles.